The third-order valence-electron chi connectivity index (χ3n) is 4.49. The number of carbonyl (C=O) groups excluding carboxylic acids is 1. The SMILES string of the molecule is CCC(CNC(=O)Cc1ccc(SC(C)C)cc1)(OC)c1ccccc1. The van der Waals surface area contributed by atoms with E-state index in [2.05, 4.69) is 38.2 Å². The molecule has 0 fully saturated rings. The Morgan fingerprint density at radius 1 is 1.12 bits per heavy atom. The van der Waals surface area contributed by atoms with Crippen molar-refractivity contribution < 1.29 is 9.53 Å². The molecule has 0 aliphatic heterocycles. The monoisotopic (exact) mass is 371 g/mol. The van der Waals surface area contributed by atoms with Crippen LogP contribution in [0.15, 0.2) is 59.5 Å². The number of amides is 1. The molecule has 0 saturated heterocycles. The molecule has 26 heavy (non-hydrogen) atoms. The molecule has 0 saturated carbocycles. The minimum Gasteiger partial charge on any atom is -0.372 e. The first kappa shape index (κ1) is 20.5. The summed E-state index contributed by atoms with van der Waals surface area (Å²) in [5.41, 5.74) is 1.62. The quantitative estimate of drug-likeness (QED) is 0.644. The van der Waals surface area contributed by atoms with Crippen molar-refractivity contribution in [3.8, 4) is 0 Å². The Hall–Kier alpha value is -1.78. The lowest BCUT2D eigenvalue weighted by Crippen LogP contribution is -2.42. The Balaban J connectivity index is 1.96. The predicted molar refractivity (Wildman–Crippen MR) is 110 cm³/mol. The van der Waals surface area contributed by atoms with E-state index in [0.717, 1.165) is 17.5 Å². The molecule has 1 amide bonds. The first-order valence-electron chi connectivity index (χ1n) is 9.12. The first-order valence-corrected chi connectivity index (χ1v) is 10.00. The number of rotatable bonds is 9. The second kappa shape index (κ2) is 9.79. The number of nitrogens with one attached hydrogen (secondary N) is 1. The van der Waals surface area contributed by atoms with Gasteiger partial charge in [-0.1, -0.05) is 63.2 Å². The van der Waals surface area contributed by atoms with Gasteiger partial charge in [-0.15, -0.1) is 11.8 Å². The zero-order valence-electron chi connectivity index (χ0n) is 16.1. The molecule has 1 N–H and O–H groups in total. The molecule has 2 aromatic carbocycles. The average molecular weight is 372 g/mol. The summed E-state index contributed by atoms with van der Waals surface area (Å²) in [6, 6.07) is 18.3. The highest BCUT2D eigenvalue weighted by molar-refractivity contribution is 7.99. The molecule has 2 aromatic rings. The van der Waals surface area contributed by atoms with E-state index in [1.54, 1.807) is 7.11 Å². The lowest BCUT2D eigenvalue weighted by atomic mass is 9.90. The third kappa shape index (κ3) is 5.61. The van der Waals surface area contributed by atoms with Gasteiger partial charge >= 0.3 is 0 Å². The van der Waals surface area contributed by atoms with Gasteiger partial charge in [-0.2, -0.15) is 0 Å². The van der Waals surface area contributed by atoms with E-state index in [1.165, 1.54) is 4.90 Å². The van der Waals surface area contributed by atoms with Crippen LogP contribution in [0.3, 0.4) is 0 Å². The molecular weight excluding hydrogens is 342 g/mol. The maximum Gasteiger partial charge on any atom is 0.224 e. The van der Waals surface area contributed by atoms with Crippen LogP contribution >= 0.6 is 11.8 Å². The van der Waals surface area contributed by atoms with Crippen LogP contribution in [0.25, 0.3) is 0 Å². The molecule has 140 valence electrons. The fraction of sp³-hybridized carbons (Fsp3) is 0.409. The van der Waals surface area contributed by atoms with Crippen molar-refractivity contribution >= 4 is 17.7 Å². The number of methoxy groups -OCH3 is 1. The molecule has 1 atom stereocenters. The second-order valence-corrected chi connectivity index (χ2v) is 8.33. The number of thioether (sulfide) groups is 1. The Bertz CT molecular complexity index is 679. The van der Waals surface area contributed by atoms with Crippen LogP contribution in [0.2, 0.25) is 0 Å². The van der Waals surface area contributed by atoms with Crippen molar-refractivity contribution in [3.63, 3.8) is 0 Å². The molecule has 0 heterocycles. The Kier molecular flexibility index (Phi) is 7.73. The van der Waals surface area contributed by atoms with Gasteiger partial charge in [0.1, 0.15) is 5.60 Å². The van der Waals surface area contributed by atoms with E-state index >= 15 is 0 Å². The highest BCUT2D eigenvalue weighted by Crippen LogP contribution is 2.28. The maximum atomic E-state index is 12.4. The number of hydrogen-bond acceptors (Lipinski definition) is 3. The van der Waals surface area contributed by atoms with E-state index in [-0.39, 0.29) is 5.91 Å². The van der Waals surface area contributed by atoms with E-state index in [4.69, 9.17) is 4.74 Å². The molecule has 3 nitrogen and oxygen atoms in total. The zero-order chi connectivity index (χ0) is 19.0. The lowest BCUT2D eigenvalue weighted by Gasteiger charge is -2.32. The topological polar surface area (TPSA) is 38.3 Å². The highest BCUT2D eigenvalue weighted by Gasteiger charge is 2.30. The van der Waals surface area contributed by atoms with Crippen LogP contribution < -0.4 is 5.32 Å². The molecule has 0 aliphatic carbocycles. The van der Waals surface area contributed by atoms with E-state index < -0.39 is 5.60 Å². The lowest BCUT2D eigenvalue weighted by molar-refractivity contribution is -0.122. The molecule has 0 spiro atoms. The van der Waals surface area contributed by atoms with Crippen LogP contribution in [0.1, 0.15) is 38.3 Å². The molecule has 1 unspecified atom stereocenters. The van der Waals surface area contributed by atoms with Crippen LogP contribution in [-0.2, 0) is 21.6 Å². The van der Waals surface area contributed by atoms with Gasteiger partial charge in [0, 0.05) is 17.3 Å². The standard InChI is InChI=1S/C22H29NO2S/c1-5-22(25-4,19-9-7-6-8-10-19)16-23-21(24)15-18-11-13-20(14-12-18)26-17(2)3/h6-14,17H,5,15-16H2,1-4H3,(H,23,24). The fourth-order valence-corrected chi connectivity index (χ4v) is 3.79. The van der Waals surface area contributed by atoms with Crippen molar-refractivity contribution in [2.75, 3.05) is 13.7 Å². The summed E-state index contributed by atoms with van der Waals surface area (Å²) >= 11 is 1.83. The fourth-order valence-electron chi connectivity index (χ4n) is 2.95. The number of hydrogen-bond donors (Lipinski definition) is 1. The summed E-state index contributed by atoms with van der Waals surface area (Å²) in [6.45, 7) is 6.89. The number of carbonyl (C=O) groups is 1. The number of ether oxygens (including phenoxy) is 1. The summed E-state index contributed by atoms with van der Waals surface area (Å²) < 4.78 is 5.81. The van der Waals surface area contributed by atoms with Crippen molar-refractivity contribution in [1.82, 2.24) is 5.32 Å². The molecule has 0 aromatic heterocycles. The maximum absolute atomic E-state index is 12.4. The van der Waals surface area contributed by atoms with Crippen molar-refractivity contribution in [3.05, 3.63) is 65.7 Å². The summed E-state index contributed by atoms with van der Waals surface area (Å²) in [5.74, 6) is 0.0140. The Morgan fingerprint density at radius 2 is 1.77 bits per heavy atom. The van der Waals surface area contributed by atoms with Crippen LogP contribution in [0.4, 0.5) is 0 Å². The van der Waals surface area contributed by atoms with Gasteiger partial charge in [0.05, 0.1) is 13.0 Å². The van der Waals surface area contributed by atoms with E-state index in [9.17, 15) is 4.79 Å². The van der Waals surface area contributed by atoms with Gasteiger partial charge < -0.3 is 10.1 Å². The van der Waals surface area contributed by atoms with E-state index in [1.807, 2.05) is 54.2 Å². The first-order chi connectivity index (χ1) is 12.5. The predicted octanol–water partition coefficient (Wildman–Crippen LogP) is 4.80. The Labute approximate surface area is 161 Å². The van der Waals surface area contributed by atoms with Gasteiger partial charge in [-0.3, -0.25) is 4.79 Å². The molecule has 0 aliphatic rings. The molecule has 0 bridgehead atoms. The summed E-state index contributed by atoms with van der Waals surface area (Å²) in [6.07, 6.45) is 1.17. The molecular formula is C22H29NO2S. The highest BCUT2D eigenvalue weighted by atomic mass is 32.2. The number of benzene rings is 2. The minimum absolute atomic E-state index is 0.0140. The summed E-state index contributed by atoms with van der Waals surface area (Å²) in [7, 11) is 1.70. The van der Waals surface area contributed by atoms with Crippen LogP contribution in [0.5, 0.6) is 0 Å². The molecule has 2 rings (SSSR count). The summed E-state index contributed by atoms with van der Waals surface area (Å²) in [5, 5.41) is 3.60. The van der Waals surface area contributed by atoms with Gasteiger partial charge in [0.15, 0.2) is 0 Å². The minimum atomic E-state index is -0.491. The average Bonchev–Trinajstić information content (AvgIpc) is 2.65. The molecule has 4 heteroatoms. The third-order valence-corrected chi connectivity index (χ3v) is 5.51. The smallest absolute Gasteiger partial charge is 0.224 e. The van der Waals surface area contributed by atoms with Crippen molar-refractivity contribution in [2.24, 2.45) is 0 Å². The van der Waals surface area contributed by atoms with Gasteiger partial charge in [-0.05, 0) is 29.7 Å². The largest absolute Gasteiger partial charge is 0.372 e. The summed E-state index contributed by atoms with van der Waals surface area (Å²) in [4.78, 5) is 13.6. The van der Waals surface area contributed by atoms with Crippen molar-refractivity contribution in [2.45, 2.75) is 49.4 Å². The molecule has 0 radical (unpaired) electrons. The second-order valence-electron chi connectivity index (χ2n) is 6.68. The van der Waals surface area contributed by atoms with Crippen LogP contribution in [0, 0.1) is 0 Å². The van der Waals surface area contributed by atoms with Gasteiger partial charge in [0.2, 0.25) is 5.91 Å². The zero-order valence-corrected chi connectivity index (χ0v) is 16.9. The normalized spacial score (nSPS) is 13.4. The van der Waals surface area contributed by atoms with Gasteiger partial charge in [-0.25, -0.2) is 0 Å². The van der Waals surface area contributed by atoms with Crippen LogP contribution in [-0.4, -0.2) is 24.8 Å². The van der Waals surface area contributed by atoms with E-state index in [0.29, 0.717) is 18.2 Å². The van der Waals surface area contributed by atoms with Crippen molar-refractivity contribution in [1.29, 1.82) is 0 Å². The Morgan fingerprint density at radius 3 is 2.31 bits per heavy atom. The van der Waals surface area contributed by atoms with Gasteiger partial charge in [0.25, 0.3) is 0 Å².